The van der Waals surface area contributed by atoms with Crippen molar-refractivity contribution < 1.29 is 5.11 Å². The van der Waals surface area contributed by atoms with E-state index in [4.69, 9.17) is 10.8 Å². The first kappa shape index (κ1) is 11.1. The monoisotopic (exact) mass is 194 g/mol. The van der Waals surface area contributed by atoms with Crippen LogP contribution in [0.3, 0.4) is 0 Å². The van der Waals surface area contributed by atoms with Gasteiger partial charge in [0.1, 0.15) is 0 Å². The standard InChI is InChI=1S/C11H18N2O/c1-9(10(7-12)8-14)6-11-4-2-3-5-13-11/h2-5,9-10,14H,6-8,12H2,1H3. The van der Waals surface area contributed by atoms with E-state index in [0.29, 0.717) is 12.5 Å². The molecule has 0 spiro atoms. The van der Waals surface area contributed by atoms with Gasteiger partial charge in [0.2, 0.25) is 0 Å². The van der Waals surface area contributed by atoms with E-state index in [1.807, 2.05) is 18.2 Å². The van der Waals surface area contributed by atoms with Crippen molar-refractivity contribution in [1.82, 2.24) is 4.98 Å². The molecule has 0 aliphatic rings. The molecule has 0 aliphatic heterocycles. The molecule has 1 rings (SSSR count). The molecule has 3 nitrogen and oxygen atoms in total. The van der Waals surface area contributed by atoms with Crippen LogP contribution in [0.4, 0.5) is 0 Å². The normalized spacial score (nSPS) is 15.1. The van der Waals surface area contributed by atoms with E-state index >= 15 is 0 Å². The molecule has 2 atom stereocenters. The zero-order valence-corrected chi connectivity index (χ0v) is 8.56. The molecule has 0 amide bonds. The summed E-state index contributed by atoms with van der Waals surface area (Å²) in [5.41, 5.74) is 6.62. The highest BCUT2D eigenvalue weighted by Crippen LogP contribution is 2.14. The molecule has 1 heterocycles. The fourth-order valence-electron chi connectivity index (χ4n) is 1.50. The minimum atomic E-state index is 0.157. The maximum atomic E-state index is 9.07. The lowest BCUT2D eigenvalue weighted by molar-refractivity contribution is 0.186. The summed E-state index contributed by atoms with van der Waals surface area (Å²) in [4.78, 5) is 4.25. The quantitative estimate of drug-likeness (QED) is 0.730. The SMILES string of the molecule is CC(Cc1ccccn1)C(CN)CO. The van der Waals surface area contributed by atoms with E-state index in [-0.39, 0.29) is 12.5 Å². The fourth-order valence-corrected chi connectivity index (χ4v) is 1.50. The Hall–Kier alpha value is -0.930. The van der Waals surface area contributed by atoms with Crippen LogP contribution in [-0.2, 0) is 6.42 Å². The minimum absolute atomic E-state index is 0.157. The van der Waals surface area contributed by atoms with Crippen molar-refractivity contribution in [3.63, 3.8) is 0 Å². The Morgan fingerprint density at radius 3 is 2.79 bits per heavy atom. The molecule has 0 saturated heterocycles. The molecule has 0 bridgehead atoms. The van der Waals surface area contributed by atoms with Gasteiger partial charge in [-0.05, 0) is 36.9 Å². The molecule has 3 N–H and O–H groups in total. The maximum absolute atomic E-state index is 9.07. The number of aliphatic hydroxyl groups excluding tert-OH is 1. The summed E-state index contributed by atoms with van der Waals surface area (Å²) < 4.78 is 0. The van der Waals surface area contributed by atoms with Gasteiger partial charge in [-0.15, -0.1) is 0 Å². The summed E-state index contributed by atoms with van der Waals surface area (Å²) in [6.07, 6.45) is 2.67. The Labute approximate surface area is 85.0 Å². The maximum Gasteiger partial charge on any atom is 0.0474 e. The molecular weight excluding hydrogens is 176 g/mol. The summed E-state index contributed by atoms with van der Waals surface area (Å²) in [5.74, 6) is 0.553. The Kier molecular flexibility index (Phi) is 4.56. The molecule has 14 heavy (non-hydrogen) atoms. The first-order chi connectivity index (χ1) is 6.77. The van der Waals surface area contributed by atoms with Crippen LogP contribution in [0, 0.1) is 11.8 Å². The van der Waals surface area contributed by atoms with Crippen LogP contribution in [-0.4, -0.2) is 23.2 Å². The van der Waals surface area contributed by atoms with Gasteiger partial charge in [0, 0.05) is 18.5 Å². The number of nitrogens with two attached hydrogens (primary N) is 1. The van der Waals surface area contributed by atoms with Gasteiger partial charge in [-0.3, -0.25) is 4.98 Å². The van der Waals surface area contributed by atoms with Gasteiger partial charge in [-0.1, -0.05) is 13.0 Å². The number of aromatic nitrogens is 1. The molecule has 2 unspecified atom stereocenters. The second-order valence-electron chi connectivity index (χ2n) is 3.68. The molecule has 0 fully saturated rings. The predicted octanol–water partition coefficient (Wildman–Crippen LogP) is 0.827. The van der Waals surface area contributed by atoms with Crippen molar-refractivity contribution in [3.05, 3.63) is 30.1 Å². The topological polar surface area (TPSA) is 59.1 Å². The van der Waals surface area contributed by atoms with Crippen molar-refractivity contribution in [3.8, 4) is 0 Å². The molecule has 0 aliphatic carbocycles. The first-order valence-electron chi connectivity index (χ1n) is 4.98. The van der Waals surface area contributed by atoms with Gasteiger partial charge >= 0.3 is 0 Å². The van der Waals surface area contributed by atoms with Crippen LogP contribution in [0.15, 0.2) is 24.4 Å². The lowest BCUT2D eigenvalue weighted by Crippen LogP contribution is -2.26. The average molecular weight is 194 g/mol. The Balaban J connectivity index is 2.52. The summed E-state index contributed by atoms with van der Waals surface area (Å²) in [7, 11) is 0. The molecule has 0 saturated carbocycles. The van der Waals surface area contributed by atoms with Crippen LogP contribution in [0.2, 0.25) is 0 Å². The van der Waals surface area contributed by atoms with Crippen molar-refractivity contribution >= 4 is 0 Å². The summed E-state index contributed by atoms with van der Waals surface area (Å²) in [6, 6.07) is 5.88. The lowest BCUT2D eigenvalue weighted by atomic mass is 9.90. The molecule has 0 radical (unpaired) electrons. The smallest absolute Gasteiger partial charge is 0.0474 e. The second kappa shape index (κ2) is 5.73. The number of aliphatic hydroxyl groups is 1. The van der Waals surface area contributed by atoms with Gasteiger partial charge in [-0.25, -0.2) is 0 Å². The highest BCUT2D eigenvalue weighted by molar-refractivity contribution is 5.04. The van der Waals surface area contributed by atoms with Gasteiger partial charge in [0.25, 0.3) is 0 Å². The third-order valence-electron chi connectivity index (χ3n) is 2.60. The Morgan fingerprint density at radius 2 is 2.29 bits per heavy atom. The number of pyridine rings is 1. The molecule has 3 heteroatoms. The van der Waals surface area contributed by atoms with Crippen molar-refractivity contribution in [1.29, 1.82) is 0 Å². The average Bonchev–Trinajstić information content (AvgIpc) is 2.21. The Morgan fingerprint density at radius 1 is 1.50 bits per heavy atom. The zero-order valence-electron chi connectivity index (χ0n) is 8.56. The molecular formula is C11H18N2O. The number of nitrogens with zero attached hydrogens (tertiary/aromatic N) is 1. The van der Waals surface area contributed by atoms with Crippen LogP contribution in [0.5, 0.6) is 0 Å². The number of hydrogen-bond donors (Lipinski definition) is 2. The van der Waals surface area contributed by atoms with Crippen LogP contribution >= 0.6 is 0 Å². The van der Waals surface area contributed by atoms with Gasteiger partial charge in [0.05, 0.1) is 0 Å². The molecule has 1 aromatic rings. The summed E-state index contributed by atoms with van der Waals surface area (Å²) >= 11 is 0. The summed E-state index contributed by atoms with van der Waals surface area (Å²) in [5, 5.41) is 9.07. The van der Waals surface area contributed by atoms with Crippen molar-refractivity contribution in [2.45, 2.75) is 13.3 Å². The highest BCUT2D eigenvalue weighted by Gasteiger charge is 2.15. The second-order valence-corrected chi connectivity index (χ2v) is 3.68. The third kappa shape index (κ3) is 3.09. The van der Waals surface area contributed by atoms with E-state index in [2.05, 4.69) is 11.9 Å². The minimum Gasteiger partial charge on any atom is -0.396 e. The highest BCUT2D eigenvalue weighted by atomic mass is 16.3. The van der Waals surface area contributed by atoms with Gasteiger partial charge in [-0.2, -0.15) is 0 Å². The Bertz CT molecular complexity index is 247. The molecule has 0 aromatic carbocycles. The zero-order chi connectivity index (χ0) is 10.4. The number of hydrogen-bond acceptors (Lipinski definition) is 3. The molecule has 78 valence electrons. The van der Waals surface area contributed by atoms with Crippen LogP contribution < -0.4 is 5.73 Å². The summed E-state index contributed by atoms with van der Waals surface area (Å²) in [6.45, 7) is 2.79. The van der Waals surface area contributed by atoms with E-state index in [9.17, 15) is 0 Å². The first-order valence-corrected chi connectivity index (χ1v) is 4.98. The van der Waals surface area contributed by atoms with E-state index in [1.54, 1.807) is 6.20 Å². The van der Waals surface area contributed by atoms with Crippen molar-refractivity contribution in [2.24, 2.45) is 17.6 Å². The number of rotatable bonds is 5. The largest absolute Gasteiger partial charge is 0.396 e. The lowest BCUT2D eigenvalue weighted by Gasteiger charge is -2.19. The van der Waals surface area contributed by atoms with Gasteiger partial charge < -0.3 is 10.8 Å². The molecule has 1 aromatic heterocycles. The third-order valence-corrected chi connectivity index (χ3v) is 2.60. The van der Waals surface area contributed by atoms with Gasteiger partial charge in [0.15, 0.2) is 0 Å². The fraction of sp³-hybridized carbons (Fsp3) is 0.545. The van der Waals surface area contributed by atoms with E-state index in [0.717, 1.165) is 12.1 Å². The van der Waals surface area contributed by atoms with Crippen LogP contribution in [0.25, 0.3) is 0 Å². The van der Waals surface area contributed by atoms with Crippen LogP contribution in [0.1, 0.15) is 12.6 Å². The predicted molar refractivity (Wildman–Crippen MR) is 56.7 cm³/mol. The van der Waals surface area contributed by atoms with Crippen molar-refractivity contribution in [2.75, 3.05) is 13.2 Å². The van der Waals surface area contributed by atoms with E-state index < -0.39 is 0 Å². The van der Waals surface area contributed by atoms with E-state index in [1.165, 1.54) is 0 Å².